The minimum absolute atomic E-state index is 0.603. The highest BCUT2D eigenvalue weighted by molar-refractivity contribution is 5.92. The Morgan fingerprint density at radius 2 is 1.90 bits per heavy atom. The van der Waals surface area contributed by atoms with Gasteiger partial charge in [-0.2, -0.15) is 0 Å². The molecule has 0 saturated heterocycles. The molecule has 1 aromatic heterocycles. The third-order valence-electron chi connectivity index (χ3n) is 4.16. The van der Waals surface area contributed by atoms with Gasteiger partial charge in [-0.25, -0.2) is 0 Å². The fraction of sp³-hybridized carbons (Fsp3) is 0.158. The van der Waals surface area contributed by atoms with Gasteiger partial charge in [0.05, 0.1) is 0 Å². The number of benzene rings is 2. The van der Waals surface area contributed by atoms with E-state index in [-0.39, 0.29) is 0 Å². The van der Waals surface area contributed by atoms with Crippen molar-refractivity contribution in [2.75, 3.05) is 0 Å². The Labute approximate surface area is 124 Å². The summed E-state index contributed by atoms with van der Waals surface area (Å²) in [7, 11) is 0. The first-order valence-electron chi connectivity index (χ1n) is 7.31. The smallest absolute Gasteiger partial charge is 0.120 e. The van der Waals surface area contributed by atoms with Gasteiger partial charge in [0.25, 0.3) is 0 Å². The zero-order valence-electron chi connectivity index (χ0n) is 11.9. The van der Waals surface area contributed by atoms with Crippen molar-refractivity contribution in [2.24, 2.45) is 0 Å². The number of aryl methyl sites for hydroxylation is 1. The maximum atomic E-state index is 5.92. The third-order valence-corrected chi connectivity index (χ3v) is 4.16. The second kappa shape index (κ2) is 4.81. The largest absolute Gasteiger partial charge is 0.489 e. The number of hydrogen-bond acceptors (Lipinski definition) is 1. The average molecular weight is 275 g/mol. The zero-order valence-corrected chi connectivity index (χ0v) is 11.9. The Morgan fingerprint density at radius 3 is 2.76 bits per heavy atom. The van der Waals surface area contributed by atoms with Gasteiger partial charge in [-0.05, 0) is 47.7 Å². The van der Waals surface area contributed by atoms with Crippen LogP contribution in [-0.4, -0.2) is 4.98 Å². The molecule has 0 atom stereocenters. The molecule has 2 aromatic carbocycles. The van der Waals surface area contributed by atoms with Gasteiger partial charge >= 0.3 is 0 Å². The highest BCUT2D eigenvalue weighted by Crippen LogP contribution is 2.37. The number of fused-ring (bicyclic) bond motifs is 3. The molecule has 0 saturated carbocycles. The summed E-state index contributed by atoms with van der Waals surface area (Å²) < 4.78 is 5.92. The Morgan fingerprint density at radius 1 is 1.05 bits per heavy atom. The molecule has 0 fully saturated rings. The molecule has 1 aliphatic rings. The number of nitrogens with one attached hydrogen (secondary N) is 1. The van der Waals surface area contributed by atoms with E-state index < -0.39 is 0 Å². The first kappa shape index (κ1) is 12.3. The lowest BCUT2D eigenvalue weighted by Crippen LogP contribution is -1.94. The van der Waals surface area contributed by atoms with E-state index in [1.807, 2.05) is 24.3 Å². The molecule has 104 valence electrons. The van der Waals surface area contributed by atoms with Crippen LogP contribution in [0.25, 0.3) is 16.5 Å². The minimum Gasteiger partial charge on any atom is -0.489 e. The summed E-state index contributed by atoms with van der Waals surface area (Å²) in [5, 5.41) is 1.27. The number of allylic oxidation sites excluding steroid dienone is 1. The zero-order chi connectivity index (χ0) is 14.2. The summed E-state index contributed by atoms with van der Waals surface area (Å²) in [5.41, 5.74) is 6.19. The number of H-pyrrole nitrogens is 1. The van der Waals surface area contributed by atoms with Crippen molar-refractivity contribution in [1.82, 2.24) is 4.98 Å². The Kier molecular flexibility index (Phi) is 2.81. The van der Waals surface area contributed by atoms with Gasteiger partial charge in [0.1, 0.15) is 12.4 Å². The lowest BCUT2D eigenvalue weighted by Gasteiger charge is -2.06. The fourth-order valence-corrected chi connectivity index (χ4v) is 3.02. The van der Waals surface area contributed by atoms with Crippen LogP contribution in [0.4, 0.5) is 0 Å². The van der Waals surface area contributed by atoms with E-state index in [0.29, 0.717) is 6.61 Å². The van der Waals surface area contributed by atoms with Crippen LogP contribution in [0.2, 0.25) is 0 Å². The Bertz CT molecular complexity index is 814. The predicted octanol–water partition coefficient (Wildman–Crippen LogP) is 4.71. The molecule has 3 aromatic rings. The van der Waals surface area contributed by atoms with Crippen molar-refractivity contribution in [3.8, 4) is 5.75 Å². The number of ether oxygens (including phenoxy) is 1. The van der Waals surface area contributed by atoms with Crippen LogP contribution in [0, 0.1) is 0 Å². The highest BCUT2D eigenvalue weighted by atomic mass is 16.5. The molecule has 0 spiro atoms. The van der Waals surface area contributed by atoms with E-state index in [1.165, 1.54) is 33.3 Å². The number of aromatic amines is 1. The molecule has 4 rings (SSSR count). The summed E-state index contributed by atoms with van der Waals surface area (Å²) in [6, 6.07) is 16.5. The maximum Gasteiger partial charge on any atom is 0.120 e. The van der Waals surface area contributed by atoms with Gasteiger partial charge < -0.3 is 9.72 Å². The number of hydrogen-bond donors (Lipinski definition) is 1. The van der Waals surface area contributed by atoms with E-state index in [0.717, 1.165) is 18.6 Å². The molecular formula is C19H17NO. The van der Waals surface area contributed by atoms with Crippen molar-refractivity contribution < 1.29 is 4.74 Å². The van der Waals surface area contributed by atoms with Crippen LogP contribution < -0.4 is 4.74 Å². The fourth-order valence-electron chi connectivity index (χ4n) is 3.02. The van der Waals surface area contributed by atoms with Crippen LogP contribution in [0.5, 0.6) is 5.75 Å². The first-order valence-corrected chi connectivity index (χ1v) is 7.31. The normalized spacial score (nSPS) is 13.6. The van der Waals surface area contributed by atoms with Gasteiger partial charge in [-0.3, -0.25) is 0 Å². The van der Waals surface area contributed by atoms with Crippen LogP contribution in [0.3, 0.4) is 0 Å². The lowest BCUT2D eigenvalue weighted by molar-refractivity contribution is 0.306. The van der Waals surface area contributed by atoms with Crippen molar-refractivity contribution in [1.29, 1.82) is 0 Å². The molecule has 0 bridgehead atoms. The molecule has 0 unspecified atom stereocenters. The Hall–Kier alpha value is -2.48. The van der Waals surface area contributed by atoms with Crippen molar-refractivity contribution >= 4 is 16.5 Å². The first-order chi connectivity index (χ1) is 10.3. The van der Waals surface area contributed by atoms with E-state index in [2.05, 4.69) is 35.8 Å². The average Bonchev–Trinajstić information content (AvgIpc) is 3.06. The van der Waals surface area contributed by atoms with E-state index in [9.17, 15) is 0 Å². The lowest BCUT2D eigenvalue weighted by atomic mass is 10.1. The SMILES string of the molecule is C=C1CCc2c1[nH]c1ccc(OCc3ccccc3)cc21. The summed E-state index contributed by atoms with van der Waals surface area (Å²) >= 11 is 0. The quantitative estimate of drug-likeness (QED) is 0.736. The number of rotatable bonds is 3. The molecule has 1 aliphatic carbocycles. The predicted molar refractivity (Wildman–Crippen MR) is 86.4 cm³/mol. The molecule has 0 radical (unpaired) electrons. The summed E-state index contributed by atoms with van der Waals surface area (Å²) in [6.45, 7) is 4.73. The van der Waals surface area contributed by atoms with Crippen LogP contribution in [0.15, 0.2) is 55.1 Å². The topological polar surface area (TPSA) is 25.0 Å². The monoisotopic (exact) mass is 275 g/mol. The third kappa shape index (κ3) is 2.13. The number of aromatic nitrogens is 1. The molecule has 1 heterocycles. The van der Waals surface area contributed by atoms with Crippen molar-refractivity contribution in [2.45, 2.75) is 19.4 Å². The standard InChI is InChI=1S/C19H17NO/c1-13-7-9-16-17-11-15(8-10-18(17)20-19(13)16)21-12-14-5-3-2-4-6-14/h2-6,8,10-11,20H,1,7,9,12H2. The molecule has 0 aliphatic heterocycles. The molecule has 2 nitrogen and oxygen atoms in total. The van der Waals surface area contributed by atoms with Gasteiger partial charge in [-0.1, -0.05) is 36.9 Å². The van der Waals surface area contributed by atoms with Crippen molar-refractivity contribution in [3.05, 3.63) is 71.9 Å². The molecule has 0 amide bonds. The van der Waals surface area contributed by atoms with Crippen LogP contribution in [0.1, 0.15) is 23.2 Å². The molecular weight excluding hydrogens is 258 g/mol. The highest BCUT2D eigenvalue weighted by Gasteiger charge is 2.20. The van der Waals surface area contributed by atoms with Gasteiger partial charge in [0.15, 0.2) is 0 Å². The summed E-state index contributed by atoms with van der Waals surface area (Å²) in [6.07, 6.45) is 2.14. The minimum atomic E-state index is 0.603. The summed E-state index contributed by atoms with van der Waals surface area (Å²) in [5.74, 6) is 0.922. The van der Waals surface area contributed by atoms with Gasteiger partial charge in [0, 0.05) is 16.6 Å². The molecule has 2 heteroatoms. The van der Waals surface area contributed by atoms with E-state index in [1.54, 1.807) is 0 Å². The maximum absolute atomic E-state index is 5.92. The van der Waals surface area contributed by atoms with Crippen LogP contribution in [-0.2, 0) is 13.0 Å². The second-order valence-electron chi connectivity index (χ2n) is 5.56. The van der Waals surface area contributed by atoms with Gasteiger partial charge in [0.2, 0.25) is 0 Å². The van der Waals surface area contributed by atoms with E-state index >= 15 is 0 Å². The van der Waals surface area contributed by atoms with E-state index in [4.69, 9.17) is 4.74 Å². The summed E-state index contributed by atoms with van der Waals surface area (Å²) in [4.78, 5) is 3.47. The second-order valence-corrected chi connectivity index (χ2v) is 5.56. The van der Waals surface area contributed by atoms with Crippen LogP contribution >= 0.6 is 0 Å². The van der Waals surface area contributed by atoms with Gasteiger partial charge in [-0.15, -0.1) is 0 Å². The Balaban J connectivity index is 1.63. The molecule has 1 N–H and O–H groups in total. The molecule has 21 heavy (non-hydrogen) atoms. The van der Waals surface area contributed by atoms with Crippen molar-refractivity contribution in [3.63, 3.8) is 0 Å².